The van der Waals surface area contributed by atoms with Gasteiger partial charge in [-0.05, 0) is 46.0 Å². The lowest BCUT2D eigenvalue weighted by molar-refractivity contribution is -0.0788. The molecule has 2 aliphatic heterocycles. The Bertz CT molecular complexity index is 461. The van der Waals surface area contributed by atoms with Gasteiger partial charge in [0.2, 0.25) is 10.0 Å². The number of ether oxygens (including phenoxy) is 1. The molecule has 1 saturated carbocycles. The summed E-state index contributed by atoms with van der Waals surface area (Å²) < 4.78 is 33.1. The normalized spacial score (nSPS) is 36.0. The fraction of sp³-hybridized carbons (Fsp3) is 1.00. The molecule has 1 spiro atoms. The van der Waals surface area contributed by atoms with Gasteiger partial charge in [-0.25, -0.2) is 13.1 Å². The van der Waals surface area contributed by atoms with Gasteiger partial charge in [-0.15, -0.1) is 0 Å². The van der Waals surface area contributed by atoms with Crippen LogP contribution in [0.4, 0.5) is 0 Å². The molecule has 5 nitrogen and oxygen atoms in total. The molecule has 6 heteroatoms. The fourth-order valence-corrected chi connectivity index (χ4v) is 5.05. The van der Waals surface area contributed by atoms with Crippen LogP contribution in [-0.4, -0.2) is 55.9 Å². The molecular weight excluding hydrogens is 276 g/mol. The molecule has 0 aromatic carbocycles. The summed E-state index contributed by atoms with van der Waals surface area (Å²) in [6.45, 7) is 7.07. The van der Waals surface area contributed by atoms with Crippen molar-refractivity contribution in [3.05, 3.63) is 0 Å². The first-order chi connectivity index (χ1) is 9.40. The van der Waals surface area contributed by atoms with E-state index in [1.54, 1.807) is 0 Å². The minimum Gasteiger partial charge on any atom is -0.373 e. The summed E-state index contributed by atoms with van der Waals surface area (Å²) >= 11 is 0. The molecule has 0 amide bonds. The zero-order valence-electron chi connectivity index (χ0n) is 12.5. The smallest absolute Gasteiger partial charge is 0.214 e. The lowest BCUT2D eigenvalue weighted by Gasteiger charge is -2.38. The van der Waals surface area contributed by atoms with Crippen LogP contribution < -0.4 is 4.72 Å². The lowest BCUT2D eigenvalue weighted by Crippen LogP contribution is -2.50. The summed E-state index contributed by atoms with van der Waals surface area (Å²) in [5.41, 5.74) is -0.126. The van der Waals surface area contributed by atoms with Crippen LogP contribution >= 0.6 is 0 Å². The Kier molecular flexibility index (Phi) is 3.86. The summed E-state index contributed by atoms with van der Waals surface area (Å²) in [5, 5.41) is -0.128. The summed E-state index contributed by atoms with van der Waals surface area (Å²) in [5.74, 6) is 0. The Labute approximate surface area is 122 Å². The largest absolute Gasteiger partial charge is 0.373 e. The molecule has 116 valence electrons. The maximum Gasteiger partial charge on any atom is 0.214 e. The summed E-state index contributed by atoms with van der Waals surface area (Å²) in [4.78, 5) is 2.43. The van der Waals surface area contributed by atoms with Crippen molar-refractivity contribution in [1.82, 2.24) is 9.62 Å². The molecule has 2 heterocycles. The Hall–Kier alpha value is -0.170. The third-order valence-electron chi connectivity index (χ3n) is 4.86. The molecule has 1 N–H and O–H groups in total. The highest BCUT2D eigenvalue weighted by molar-refractivity contribution is 7.90. The number of nitrogens with zero attached hydrogens (tertiary/aromatic N) is 1. The van der Waals surface area contributed by atoms with Gasteiger partial charge in [-0.3, -0.25) is 4.90 Å². The highest BCUT2D eigenvalue weighted by atomic mass is 32.2. The Morgan fingerprint density at radius 3 is 2.65 bits per heavy atom. The van der Waals surface area contributed by atoms with Gasteiger partial charge in [0, 0.05) is 31.8 Å². The average molecular weight is 302 g/mol. The van der Waals surface area contributed by atoms with Crippen LogP contribution in [0.2, 0.25) is 0 Å². The van der Waals surface area contributed by atoms with Gasteiger partial charge in [0.15, 0.2) is 0 Å². The van der Waals surface area contributed by atoms with Crippen molar-refractivity contribution >= 4 is 10.0 Å². The van der Waals surface area contributed by atoms with Gasteiger partial charge in [-0.1, -0.05) is 0 Å². The van der Waals surface area contributed by atoms with Gasteiger partial charge in [0.1, 0.15) is 0 Å². The molecule has 3 aliphatic rings. The molecule has 0 radical (unpaired) electrons. The first-order valence-electron chi connectivity index (χ1n) is 7.79. The molecule has 0 unspecified atom stereocenters. The predicted molar refractivity (Wildman–Crippen MR) is 78.1 cm³/mol. The van der Waals surface area contributed by atoms with Gasteiger partial charge in [0.05, 0.1) is 10.9 Å². The minimum atomic E-state index is -3.08. The second kappa shape index (κ2) is 5.23. The van der Waals surface area contributed by atoms with E-state index in [-0.39, 0.29) is 16.9 Å². The van der Waals surface area contributed by atoms with Crippen molar-refractivity contribution in [3.8, 4) is 0 Å². The standard InChI is InChI=1S/C14H26N2O3S/c1-11(2)16-7-6-14(10-16)9-12(5-8-19-14)15-20(17,18)13-3-4-13/h11-13,15H,3-10H2,1-2H3/t12-,14-/m1/s1. The Morgan fingerprint density at radius 2 is 2.05 bits per heavy atom. The van der Waals surface area contributed by atoms with E-state index in [1.165, 1.54) is 0 Å². The second-order valence-corrected chi connectivity index (χ2v) is 8.89. The number of hydrogen-bond donors (Lipinski definition) is 1. The van der Waals surface area contributed by atoms with Gasteiger partial charge >= 0.3 is 0 Å². The molecule has 3 fully saturated rings. The molecule has 3 rings (SSSR count). The number of hydrogen-bond acceptors (Lipinski definition) is 4. The number of likely N-dealkylation sites (tertiary alicyclic amines) is 1. The van der Waals surface area contributed by atoms with Gasteiger partial charge < -0.3 is 4.74 Å². The van der Waals surface area contributed by atoms with E-state index in [1.807, 2.05) is 0 Å². The Morgan fingerprint density at radius 1 is 1.30 bits per heavy atom. The van der Waals surface area contributed by atoms with Crippen LogP contribution in [0.25, 0.3) is 0 Å². The molecular formula is C14H26N2O3S. The zero-order valence-corrected chi connectivity index (χ0v) is 13.3. The van der Waals surface area contributed by atoms with E-state index in [4.69, 9.17) is 4.74 Å². The van der Waals surface area contributed by atoms with E-state index in [0.717, 1.165) is 45.2 Å². The van der Waals surface area contributed by atoms with E-state index < -0.39 is 10.0 Å². The predicted octanol–water partition coefficient (Wildman–Crippen LogP) is 1.10. The van der Waals surface area contributed by atoms with Crippen LogP contribution in [-0.2, 0) is 14.8 Å². The third-order valence-corrected chi connectivity index (χ3v) is 6.87. The van der Waals surface area contributed by atoms with E-state index in [2.05, 4.69) is 23.5 Å². The lowest BCUT2D eigenvalue weighted by atomic mass is 9.90. The summed E-state index contributed by atoms with van der Waals surface area (Å²) in [6.07, 6.45) is 4.29. The van der Waals surface area contributed by atoms with Crippen LogP contribution in [0.15, 0.2) is 0 Å². The van der Waals surface area contributed by atoms with Crippen LogP contribution in [0.5, 0.6) is 0 Å². The third kappa shape index (κ3) is 3.03. The van der Waals surface area contributed by atoms with E-state index in [0.29, 0.717) is 12.6 Å². The number of nitrogens with one attached hydrogen (secondary N) is 1. The number of rotatable bonds is 4. The van der Waals surface area contributed by atoms with E-state index >= 15 is 0 Å². The van der Waals surface area contributed by atoms with Crippen molar-refractivity contribution in [2.45, 2.75) is 68.9 Å². The maximum absolute atomic E-state index is 12.1. The molecule has 0 aromatic rings. The summed E-state index contributed by atoms with van der Waals surface area (Å²) in [6, 6.07) is 0.586. The monoisotopic (exact) mass is 302 g/mol. The maximum atomic E-state index is 12.1. The van der Waals surface area contributed by atoms with Crippen molar-refractivity contribution < 1.29 is 13.2 Å². The van der Waals surface area contributed by atoms with Crippen molar-refractivity contribution in [2.75, 3.05) is 19.7 Å². The topological polar surface area (TPSA) is 58.6 Å². The molecule has 1 aliphatic carbocycles. The SMILES string of the molecule is CC(C)N1CC[C@@]2(C[C@H](NS(=O)(=O)C3CC3)CCO2)C1. The van der Waals surface area contributed by atoms with Gasteiger partial charge in [-0.2, -0.15) is 0 Å². The molecule has 0 bridgehead atoms. The zero-order chi connectivity index (χ0) is 14.4. The Balaban J connectivity index is 1.62. The van der Waals surface area contributed by atoms with Crippen LogP contribution in [0, 0.1) is 0 Å². The number of sulfonamides is 1. The molecule has 20 heavy (non-hydrogen) atoms. The molecule has 2 atom stereocenters. The highest BCUT2D eigenvalue weighted by Crippen LogP contribution is 2.36. The fourth-order valence-electron chi connectivity index (χ4n) is 3.44. The van der Waals surface area contributed by atoms with Crippen molar-refractivity contribution in [2.24, 2.45) is 0 Å². The first kappa shape index (κ1) is 14.8. The first-order valence-corrected chi connectivity index (χ1v) is 9.34. The van der Waals surface area contributed by atoms with Crippen LogP contribution in [0.3, 0.4) is 0 Å². The van der Waals surface area contributed by atoms with E-state index in [9.17, 15) is 8.42 Å². The quantitative estimate of drug-likeness (QED) is 0.845. The van der Waals surface area contributed by atoms with Crippen molar-refractivity contribution in [3.63, 3.8) is 0 Å². The average Bonchev–Trinajstić information content (AvgIpc) is 3.14. The van der Waals surface area contributed by atoms with Crippen LogP contribution in [0.1, 0.15) is 46.0 Å². The van der Waals surface area contributed by atoms with Gasteiger partial charge in [0.25, 0.3) is 0 Å². The minimum absolute atomic E-state index is 0.0569. The molecule has 2 saturated heterocycles. The molecule has 0 aromatic heterocycles. The second-order valence-electron chi connectivity index (χ2n) is 6.90. The van der Waals surface area contributed by atoms with Crippen molar-refractivity contribution in [1.29, 1.82) is 0 Å². The highest BCUT2D eigenvalue weighted by Gasteiger charge is 2.45. The summed E-state index contributed by atoms with van der Waals surface area (Å²) in [7, 11) is -3.08.